The quantitative estimate of drug-likeness (QED) is 0.370. The van der Waals surface area contributed by atoms with E-state index in [9.17, 15) is 5.11 Å². The normalized spacial score (nSPS) is 16.9. The molecule has 0 radical (unpaired) electrons. The molecule has 6 nitrogen and oxygen atoms in total. The smallest absolute Gasteiger partial charge is 0.282 e. The number of quaternary nitrogens is 1. The van der Waals surface area contributed by atoms with Gasteiger partial charge in [-0.25, -0.2) is 0 Å². The minimum atomic E-state index is -1.25. The molecular formula is C26H32Cl2N3O3+. The van der Waals surface area contributed by atoms with E-state index >= 15 is 0 Å². The van der Waals surface area contributed by atoms with E-state index in [0.717, 1.165) is 31.2 Å². The van der Waals surface area contributed by atoms with E-state index in [4.69, 9.17) is 37.4 Å². The van der Waals surface area contributed by atoms with E-state index in [1.165, 1.54) is 6.42 Å². The molecule has 1 unspecified atom stereocenters. The topological polar surface area (TPSA) is 68.4 Å². The van der Waals surface area contributed by atoms with Crippen molar-refractivity contribution in [2.75, 3.05) is 27.2 Å². The highest BCUT2D eigenvalue weighted by molar-refractivity contribution is 6.42. The van der Waals surface area contributed by atoms with Gasteiger partial charge in [-0.15, -0.1) is 0 Å². The number of nitrogens with zero attached hydrogens (tertiary/aromatic N) is 3. The molecule has 182 valence electrons. The molecule has 1 aromatic heterocycles. The third-order valence-corrected chi connectivity index (χ3v) is 7.38. The molecule has 1 atom stereocenters. The van der Waals surface area contributed by atoms with Gasteiger partial charge in [-0.3, -0.25) is 0 Å². The molecule has 1 heterocycles. The van der Waals surface area contributed by atoms with Gasteiger partial charge >= 0.3 is 0 Å². The Hall–Kier alpha value is -2.12. The van der Waals surface area contributed by atoms with Crippen LogP contribution in [0.4, 0.5) is 0 Å². The van der Waals surface area contributed by atoms with Gasteiger partial charge in [0.15, 0.2) is 12.1 Å². The number of benzene rings is 2. The summed E-state index contributed by atoms with van der Waals surface area (Å²) < 4.78 is 12.1. The van der Waals surface area contributed by atoms with E-state index in [-0.39, 0.29) is 5.92 Å². The molecule has 2 aromatic carbocycles. The van der Waals surface area contributed by atoms with E-state index < -0.39 is 5.60 Å². The Morgan fingerprint density at radius 1 is 1.06 bits per heavy atom. The molecule has 0 spiro atoms. The maximum absolute atomic E-state index is 12.0. The first-order valence-electron chi connectivity index (χ1n) is 11.8. The summed E-state index contributed by atoms with van der Waals surface area (Å²) in [5, 5.41) is 17.2. The maximum atomic E-state index is 12.0. The van der Waals surface area contributed by atoms with Crippen LogP contribution >= 0.6 is 23.2 Å². The number of aliphatic hydroxyl groups is 1. The third kappa shape index (κ3) is 5.74. The first-order valence-corrected chi connectivity index (χ1v) is 12.5. The van der Waals surface area contributed by atoms with Gasteiger partial charge in [-0.05, 0) is 36.5 Å². The summed E-state index contributed by atoms with van der Waals surface area (Å²) in [6, 6.07) is 15.0. The van der Waals surface area contributed by atoms with Crippen molar-refractivity contribution in [3.8, 4) is 5.75 Å². The highest BCUT2D eigenvalue weighted by Gasteiger charge is 2.44. The molecule has 1 fully saturated rings. The molecule has 8 heteroatoms. The van der Waals surface area contributed by atoms with Crippen molar-refractivity contribution < 1.29 is 18.8 Å². The fourth-order valence-electron chi connectivity index (χ4n) is 4.66. The summed E-state index contributed by atoms with van der Waals surface area (Å²) in [4.78, 5) is 4.69. The number of likely N-dealkylation sites (N-methyl/N-ethyl adjacent to an activating group) is 1. The number of aromatic nitrogens is 2. The molecular weight excluding hydrogens is 473 g/mol. The highest BCUT2D eigenvalue weighted by Crippen LogP contribution is 2.42. The molecule has 0 saturated heterocycles. The van der Waals surface area contributed by atoms with Crippen molar-refractivity contribution in [1.29, 1.82) is 0 Å². The number of hydrogen-bond acceptors (Lipinski definition) is 5. The summed E-state index contributed by atoms with van der Waals surface area (Å²) in [5.74, 6) is 1.60. The van der Waals surface area contributed by atoms with Gasteiger partial charge in [0.25, 0.3) is 5.89 Å². The fraction of sp³-hybridized carbons (Fsp3) is 0.462. The van der Waals surface area contributed by atoms with Crippen LogP contribution in [0.2, 0.25) is 10.0 Å². The number of rotatable bonds is 9. The molecule has 1 saturated carbocycles. The Balaban J connectivity index is 1.45. The second-order valence-corrected chi connectivity index (χ2v) is 10.5. The summed E-state index contributed by atoms with van der Waals surface area (Å²) in [6.45, 7) is 1.72. The zero-order valence-electron chi connectivity index (χ0n) is 19.7. The van der Waals surface area contributed by atoms with Crippen LogP contribution in [0, 0.1) is 5.92 Å². The van der Waals surface area contributed by atoms with Crippen LogP contribution in [-0.4, -0.2) is 47.0 Å². The summed E-state index contributed by atoms with van der Waals surface area (Å²) >= 11 is 12.0. The average Bonchev–Trinajstić information content (AvgIpc) is 3.30. The molecule has 1 N–H and O–H groups in total. The van der Waals surface area contributed by atoms with Crippen LogP contribution in [0.5, 0.6) is 5.75 Å². The van der Waals surface area contributed by atoms with Crippen LogP contribution in [0.1, 0.15) is 49.4 Å². The highest BCUT2D eigenvalue weighted by atomic mass is 35.5. The van der Waals surface area contributed by atoms with E-state index in [0.29, 0.717) is 51.7 Å². The van der Waals surface area contributed by atoms with E-state index in [2.05, 4.69) is 19.3 Å². The Labute approximate surface area is 211 Å². The van der Waals surface area contributed by atoms with Gasteiger partial charge in [-0.1, -0.05) is 78.0 Å². The van der Waals surface area contributed by atoms with Crippen molar-refractivity contribution in [3.05, 3.63) is 75.9 Å². The first-order chi connectivity index (χ1) is 16.3. The van der Waals surface area contributed by atoms with Crippen molar-refractivity contribution in [3.63, 3.8) is 0 Å². The second-order valence-electron chi connectivity index (χ2n) is 9.72. The average molecular weight is 505 g/mol. The monoisotopic (exact) mass is 504 g/mol. The zero-order valence-corrected chi connectivity index (χ0v) is 21.2. The van der Waals surface area contributed by atoms with Crippen LogP contribution < -0.4 is 4.74 Å². The molecule has 0 amide bonds. The third-order valence-electron chi connectivity index (χ3n) is 6.64. The summed E-state index contributed by atoms with van der Waals surface area (Å²) in [6.07, 6.45) is 5.31. The van der Waals surface area contributed by atoms with Crippen LogP contribution in [0.25, 0.3) is 0 Å². The van der Waals surface area contributed by atoms with Crippen LogP contribution in [0.15, 0.2) is 53.1 Å². The van der Waals surface area contributed by atoms with Crippen molar-refractivity contribution in [2.24, 2.45) is 5.92 Å². The van der Waals surface area contributed by atoms with Gasteiger partial charge < -0.3 is 18.8 Å². The standard InChI is InChI=1S/C26H32Cl2N3O3/c1-31(2,15-16-33-21-13-14-22(27)23(28)17-21)18-24-29-25(30-34-24)26(32,19-9-5-3-6-10-19)20-11-7-4-8-12-20/h3,5-6,9-10,13-14,17,20,32H,4,7-8,11-12,15-16,18H2,1-2H3/q+1. The van der Waals surface area contributed by atoms with E-state index in [1.54, 1.807) is 18.2 Å². The molecule has 4 rings (SSSR count). The minimum absolute atomic E-state index is 0.0659. The Morgan fingerprint density at radius 3 is 2.50 bits per heavy atom. The Bertz CT molecular complexity index is 1080. The minimum Gasteiger partial charge on any atom is -0.488 e. The van der Waals surface area contributed by atoms with Crippen molar-refractivity contribution >= 4 is 23.2 Å². The number of ether oxygens (including phenoxy) is 1. The van der Waals surface area contributed by atoms with Crippen molar-refractivity contribution in [1.82, 2.24) is 10.1 Å². The molecule has 0 aliphatic heterocycles. The van der Waals surface area contributed by atoms with Gasteiger partial charge in [0.1, 0.15) is 18.9 Å². The first kappa shape index (κ1) is 25.0. The Kier molecular flexibility index (Phi) is 7.83. The lowest BCUT2D eigenvalue weighted by Gasteiger charge is -2.36. The van der Waals surface area contributed by atoms with Gasteiger partial charge in [0.05, 0.1) is 24.1 Å². The number of hydrogen-bond donors (Lipinski definition) is 1. The number of halogens is 2. The maximum Gasteiger partial charge on any atom is 0.282 e. The fourth-order valence-corrected chi connectivity index (χ4v) is 4.94. The lowest BCUT2D eigenvalue weighted by atomic mass is 9.73. The van der Waals surface area contributed by atoms with E-state index in [1.807, 2.05) is 30.3 Å². The predicted molar refractivity (Wildman–Crippen MR) is 133 cm³/mol. The predicted octanol–water partition coefficient (Wildman–Crippen LogP) is 5.85. The summed E-state index contributed by atoms with van der Waals surface area (Å²) in [7, 11) is 4.15. The zero-order chi connectivity index (χ0) is 24.2. The molecule has 34 heavy (non-hydrogen) atoms. The molecule has 1 aliphatic rings. The lowest BCUT2D eigenvalue weighted by molar-refractivity contribution is -0.904. The van der Waals surface area contributed by atoms with Gasteiger partial charge in [0, 0.05) is 6.07 Å². The molecule has 1 aliphatic carbocycles. The van der Waals surface area contributed by atoms with Gasteiger partial charge in [0.2, 0.25) is 5.82 Å². The van der Waals surface area contributed by atoms with Gasteiger partial charge in [-0.2, -0.15) is 4.98 Å². The summed E-state index contributed by atoms with van der Waals surface area (Å²) in [5.41, 5.74) is -0.435. The SMILES string of the molecule is C[N+](C)(CCOc1ccc(Cl)c(Cl)c1)Cc1nc(C(O)(c2ccccc2)C2CCCCC2)no1. The Morgan fingerprint density at radius 2 is 1.79 bits per heavy atom. The molecule has 3 aromatic rings. The largest absolute Gasteiger partial charge is 0.488 e. The lowest BCUT2D eigenvalue weighted by Crippen LogP contribution is -2.42. The molecule has 0 bridgehead atoms. The van der Waals surface area contributed by atoms with Crippen molar-refractivity contribution in [2.45, 2.75) is 44.2 Å². The van der Waals surface area contributed by atoms with Crippen LogP contribution in [-0.2, 0) is 12.1 Å². The van der Waals surface area contributed by atoms with Crippen LogP contribution in [0.3, 0.4) is 0 Å². The second kappa shape index (κ2) is 10.6.